The first-order valence-corrected chi connectivity index (χ1v) is 9.25. The number of nitrogens with one attached hydrogen (secondary N) is 1. The van der Waals surface area contributed by atoms with Gasteiger partial charge in [-0.1, -0.05) is 30.3 Å². The summed E-state index contributed by atoms with van der Waals surface area (Å²) in [7, 11) is 1.55. The summed E-state index contributed by atoms with van der Waals surface area (Å²) in [6.45, 7) is 1.15. The number of hydrogen-bond donors (Lipinski definition) is 2. The maximum Gasteiger partial charge on any atom is 0.407 e. The summed E-state index contributed by atoms with van der Waals surface area (Å²) in [4.78, 5) is 25.2. The molecule has 2 N–H and O–H groups in total. The van der Waals surface area contributed by atoms with E-state index in [1.807, 2.05) is 35.2 Å². The van der Waals surface area contributed by atoms with Gasteiger partial charge in [0.15, 0.2) is 0 Å². The number of carboxylic acid groups (broad SMARTS) is 1. The quantitative estimate of drug-likeness (QED) is 0.772. The standard InChI is InChI=1S/C21H23FN2O5/c1-28-19-12-24(15-7-8-17(22)16(11-15)20(25)26)10-9-18(19)23-21(27)29-13-14-5-3-2-4-6-14/h2-8,11,18-19H,9-10,12-13H2,1H3,(H,23,27)(H,25,26)/t18-,19+/m0/s1. The van der Waals surface area contributed by atoms with E-state index in [1.54, 1.807) is 7.11 Å². The number of methoxy groups -OCH3 is 1. The van der Waals surface area contributed by atoms with E-state index in [-0.39, 0.29) is 24.3 Å². The van der Waals surface area contributed by atoms with Crippen molar-refractivity contribution in [1.82, 2.24) is 5.32 Å². The molecule has 0 bridgehead atoms. The Bertz CT molecular complexity index is 861. The molecule has 154 valence electrons. The van der Waals surface area contributed by atoms with Crippen LogP contribution >= 0.6 is 0 Å². The highest BCUT2D eigenvalue weighted by atomic mass is 19.1. The zero-order valence-electron chi connectivity index (χ0n) is 16.0. The van der Waals surface area contributed by atoms with Crippen LogP contribution in [-0.2, 0) is 16.1 Å². The summed E-state index contributed by atoms with van der Waals surface area (Å²) >= 11 is 0. The second-order valence-corrected chi connectivity index (χ2v) is 6.79. The van der Waals surface area contributed by atoms with Crippen molar-refractivity contribution in [2.45, 2.75) is 25.2 Å². The molecule has 1 aliphatic heterocycles. The molecule has 0 unspecified atom stereocenters. The Balaban J connectivity index is 1.58. The van der Waals surface area contributed by atoms with E-state index in [9.17, 15) is 14.0 Å². The maximum atomic E-state index is 13.6. The highest BCUT2D eigenvalue weighted by Gasteiger charge is 2.31. The van der Waals surface area contributed by atoms with Crippen molar-refractivity contribution in [2.75, 3.05) is 25.1 Å². The van der Waals surface area contributed by atoms with Gasteiger partial charge in [0.25, 0.3) is 0 Å². The number of hydrogen-bond acceptors (Lipinski definition) is 5. The fourth-order valence-corrected chi connectivity index (χ4v) is 3.34. The number of carboxylic acids is 1. The summed E-state index contributed by atoms with van der Waals surface area (Å²) in [6.07, 6.45) is -0.283. The molecular formula is C21H23FN2O5. The number of carbonyl (C=O) groups is 2. The number of rotatable bonds is 6. The van der Waals surface area contributed by atoms with Gasteiger partial charge in [0, 0.05) is 25.9 Å². The first kappa shape index (κ1) is 20.6. The Hall–Kier alpha value is -3.13. The Morgan fingerprint density at radius 3 is 2.69 bits per heavy atom. The molecule has 0 aliphatic carbocycles. The third-order valence-electron chi connectivity index (χ3n) is 4.92. The van der Waals surface area contributed by atoms with Gasteiger partial charge in [-0.25, -0.2) is 14.0 Å². The van der Waals surface area contributed by atoms with Crippen LogP contribution in [0.25, 0.3) is 0 Å². The largest absolute Gasteiger partial charge is 0.478 e. The van der Waals surface area contributed by atoms with Gasteiger partial charge in [0.1, 0.15) is 12.4 Å². The van der Waals surface area contributed by atoms with Crippen LogP contribution in [0.5, 0.6) is 0 Å². The second-order valence-electron chi connectivity index (χ2n) is 6.79. The molecule has 2 atom stereocenters. The van der Waals surface area contributed by atoms with E-state index in [0.29, 0.717) is 25.2 Å². The first-order valence-electron chi connectivity index (χ1n) is 9.25. The number of piperidine rings is 1. The maximum absolute atomic E-state index is 13.6. The van der Waals surface area contributed by atoms with Crippen molar-refractivity contribution in [1.29, 1.82) is 0 Å². The number of anilines is 1. The first-order chi connectivity index (χ1) is 14.0. The molecule has 1 amide bonds. The smallest absolute Gasteiger partial charge is 0.407 e. The lowest BCUT2D eigenvalue weighted by atomic mass is 10.0. The zero-order chi connectivity index (χ0) is 20.8. The molecular weight excluding hydrogens is 379 g/mol. The molecule has 7 nitrogen and oxygen atoms in total. The molecule has 1 heterocycles. The van der Waals surface area contributed by atoms with Crippen molar-refractivity contribution in [3.05, 3.63) is 65.5 Å². The lowest BCUT2D eigenvalue weighted by Gasteiger charge is -2.39. The molecule has 2 aromatic rings. The van der Waals surface area contributed by atoms with E-state index < -0.39 is 17.9 Å². The highest BCUT2D eigenvalue weighted by Crippen LogP contribution is 2.24. The van der Waals surface area contributed by atoms with Gasteiger partial charge >= 0.3 is 12.1 Å². The third-order valence-corrected chi connectivity index (χ3v) is 4.92. The van der Waals surface area contributed by atoms with Gasteiger partial charge in [-0.05, 0) is 30.2 Å². The highest BCUT2D eigenvalue weighted by molar-refractivity contribution is 5.89. The average Bonchev–Trinajstić information content (AvgIpc) is 2.73. The van der Waals surface area contributed by atoms with Crippen LogP contribution in [0, 0.1) is 5.82 Å². The summed E-state index contributed by atoms with van der Waals surface area (Å²) in [5.41, 5.74) is 1.11. The normalized spacial score (nSPS) is 18.9. The average molecular weight is 402 g/mol. The number of ether oxygens (including phenoxy) is 2. The number of halogens is 1. The van der Waals surface area contributed by atoms with Crippen molar-refractivity contribution < 1.29 is 28.6 Å². The Kier molecular flexibility index (Phi) is 6.66. The number of nitrogens with zero attached hydrogens (tertiary/aromatic N) is 1. The van der Waals surface area contributed by atoms with Crippen LogP contribution in [0.2, 0.25) is 0 Å². The van der Waals surface area contributed by atoms with Crippen LogP contribution < -0.4 is 10.2 Å². The van der Waals surface area contributed by atoms with Crippen molar-refractivity contribution in [3.63, 3.8) is 0 Å². The fourth-order valence-electron chi connectivity index (χ4n) is 3.34. The molecule has 1 saturated heterocycles. The minimum absolute atomic E-state index is 0.177. The number of carbonyl (C=O) groups excluding carboxylic acids is 1. The van der Waals surface area contributed by atoms with Crippen molar-refractivity contribution in [3.8, 4) is 0 Å². The lowest BCUT2D eigenvalue weighted by molar-refractivity contribution is 0.0546. The number of aromatic carboxylic acids is 1. The van der Waals surface area contributed by atoms with E-state index >= 15 is 0 Å². The number of benzene rings is 2. The second kappa shape index (κ2) is 9.38. The minimum atomic E-state index is -1.31. The van der Waals surface area contributed by atoms with Crippen LogP contribution in [-0.4, -0.2) is 49.5 Å². The predicted octanol–water partition coefficient (Wildman–Crippen LogP) is 3.04. The summed E-state index contributed by atoms with van der Waals surface area (Å²) < 4.78 is 24.4. The third kappa shape index (κ3) is 5.23. The summed E-state index contributed by atoms with van der Waals surface area (Å²) in [5, 5.41) is 12.0. The Labute approximate surface area is 168 Å². The van der Waals surface area contributed by atoms with Crippen molar-refractivity contribution >= 4 is 17.7 Å². The Morgan fingerprint density at radius 1 is 1.24 bits per heavy atom. The molecule has 8 heteroatoms. The van der Waals surface area contributed by atoms with Crippen LogP contribution in [0.15, 0.2) is 48.5 Å². The number of amides is 1. The van der Waals surface area contributed by atoms with Gasteiger partial charge in [-0.15, -0.1) is 0 Å². The van der Waals surface area contributed by atoms with Gasteiger partial charge in [0.05, 0.1) is 17.7 Å². The molecule has 0 radical (unpaired) electrons. The zero-order valence-corrected chi connectivity index (χ0v) is 16.0. The van der Waals surface area contributed by atoms with Crippen LogP contribution in [0.4, 0.5) is 14.9 Å². The van der Waals surface area contributed by atoms with E-state index in [4.69, 9.17) is 14.6 Å². The van der Waals surface area contributed by atoms with Crippen LogP contribution in [0.1, 0.15) is 22.3 Å². The fraction of sp³-hybridized carbons (Fsp3) is 0.333. The molecule has 0 spiro atoms. The summed E-state index contributed by atoms with van der Waals surface area (Å²) in [6, 6.07) is 13.1. The van der Waals surface area contributed by atoms with Gasteiger partial charge in [0.2, 0.25) is 0 Å². The summed E-state index contributed by atoms with van der Waals surface area (Å²) in [5.74, 6) is -2.09. The van der Waals surface area contributed by atoms with Gasteiger partial charge < -0.3 is 24.8 Å². The SMILES string of the molecule is CO[C@@H]1CN(c2ccc(F)c(C(=O)O)c2)CC[C@@H]1NC(=O)OCc1ccccc1. The molecule has 2 aromatic carbocycles. The minimum Gasteiger partial charge on any atom is -0.478 e. The van der Waals surface area contributed by atoms with Crippen molar-refractivity contribution in [2.24, 2.45) is 0 Å². The lowest BCUT2D eigenvalue weighted by Crippen LogP contribution is -2.55. The molecule has 3 rings (SSSR count). The van der Waals surface area contributed by atoms with E-state index in [2.05, 4.69) is 5.32 Å². The Morgan fingerprint density at radius 2 is 2.00 bits per heavy atom. The molecule has 1 aliphatic rings. The molecule has 1 fully saturated rings. The topological polar surface area (TPSA) is 88.1 Å². The molecule has 29 heavy (non-hydrogen) atoms. The predicted molar refractivity (Wildman–Crippen MR) is 105 cm³/mol. The monoisotopic (exact) mass is 402 g/mol. The van der Waals surface area contributed by atoms with Crippen LogP contribution in [0.3, 0.4) is 0 Å². The van der Waals surface area contributed by atoms with E-state index in [0.717, 1.165) is 11.6 Å². The van der Waals surface area contributed by atoms with Gasteiger partial charge in [-0.2, -0.15) is 0 Å². The van der Waals surface area contributed by atoms with E-state index in [1.165, 1.54) is 12.1 Å². The number of alkyl carbamates (subject to hydrolysis) is 1. The van der Waals surface area contributed by atoms with Gasteiger partial charge in [-0.3, -0.25) is 0 Å². The molecule has 0 saturated carbocycles. The molecule has 0 aromatic heterocycles.